The molecule has 0 bridgehead atoms. The van der Waals surface area contributed by atoms with Gasteiger partial charge in [-0.05, 0) is 37.3 Å². The largest absolute Gasteiger partial charge is 0.335 e. The minimum Gasteiger partial charge on any atom is -0.335 e. The van der Waals surface area contributed by atoms with E-state index in [1.54, 1.807) is 18.2 Å². The molecule has 0 aromatic heterocycles. The molecule has 19 heavy (non-hydrogen) atoms. The standard InChI is InChI=1S/C15H19Cl2NO/c1-10(2)13-8-3-4-9-18(13)15(19)11-6-5-7-12(16)14(11)17/h5-7,10,13H,3-4,8-9H2,1-2H3. The first-order chi connectivity index (χ1) is 9.02. The molecule has 1 aliphatic rings. The van der Waals surface area contributed by atoms with Crippen molar-refractivity contribution in [2.45, 2.75) is 39.2 Å². The van der Waals surface area contributed by atoms with Crippen molar-refractivity contribution < 1.29 is 4.79 Å². The third-order valence-electron chi connectivity index (χ3n) is 3.76. The average molecular weight is 300 g/mol. The Morgan fingerprint density at radius 3 is 2.74 bits per heavy atom. The van der Waals surface area contributed by atoms with Crippen molar-refractivity contribution >= 4 is 29.1 Å². The van der Waals surface area contributed by atoms with Crippen LogP contribution in [0.1, 0.15) is 43.5 Å². The Kier molecular flexibility index (Phi) is 4.75. The van der Waals surface area contributed by atoms with Crippen LogP contribution in [0.2, 0.25) is 10.0 Å². The van der Waals surface area contributed by atoms with Crippen LogP contribution in [0.5, 0.6) is 0 Å². The molecule has 1 saturated heterocycles. The summed E-state index contributed by atoms with van der Waals surface area (Å²) >= 11 is 12.1. The van der Waals surface area contributed by atoms with E-state index in [0.29, 0.717) is 27.6 Å². The lowest BCUT2D eigenvalue weighted by atomic mass is 9.92. The number of halogens is 2. The number of amides is 1. The molecule has 2 nitrogen and oxygen atoms in total. The molecule has 0 saturated carbocycles. The van der Waals surface area contributed by atoms with Crippen LogP contribution in [0.4, 0.5) is 0 Å². The number of rotatable bonds is 2. The van der Waals surface area contributed by atoms with Crippen molar-refractivity contribution in [2.75, 3.05) is 6.54 Å². The minimum absolute atomic E-state index is 0.00546. The zero-order chi connectivity index (χ0) is 14.0. The quantitative estimate of drug-likeness (QED) is 0.779. The van der Waals surface area contributed by atoms with Crippen LogP contribution in [-0.2, 0) is 0 Å². The van der Waals surface area contributed by atoms with E-state index in [9.17, 15) is 4.79 Å². The van der Waals surface area contributed by atoms with Gasteiger partial charge in [0.15, 0.2) is 0 Å². The molecule has 1 heterocycles. The molecule has 0 N–H and O–H groups in total. The highest BCUT2D eigenvalue weighted by Crippen LogP contribution is 2.30. The molecule has 0 spiro atoms. The van der Waals surface area contributed by atoms with Gasteiger partial charge in [-0.1, -0.05) is 43.1 Å². The zero-order valence-corrected chi connectivity index (χ0v) is 12.8. The maximum atomic E-state index is 12.7. The van der Waals surface area contributed by atoms with Crippen molar-refractivity contribution in [2.24, 2.45) is 5.92 Å². The molecule has 0 radical (unpaired) electrons. The summed E-state index contributed by atoms with van der Waals surface area (Å²) in [6.45, 7) is 5.14. The van der Waals surface area contributed by atoms with E-state index in [1.807, 2.05) is 4.90 Å². The van der Waals surface area contributed by atoms with Crippen LogP contribution in [0.15, 0.2) is 18.2 Å². The Bertz CT molecular complexity index is 473. The van der Waals surface area contributed by atoms with Gasteiger partial charge in [-0.2, -0.15) is 0 Å². The average Bonchev–Trinajstić information content (AvgIpc) is 2.41. The van der Waals surface area contributed by atoms with Crippen LogP contribution < -0.4 is 0 Å². The van der Waals surface area contributed by atoms with Crippen LogP contribution in [0.25, 0.3) is 0 Å². The Morgan fingerprint density at radius 2 is 2.05 bits per heavy atom. The predicted octanol–water partition coefficient (Wildman–Crippen LogP) is 4.64. The van der Waals surface area contributed by atoms with Gasteiger partial charge in [0.05, 0.1) is 15.6 Å². The first-order valence-electron chi connectivity index (χ1n) is 6.77. The molecule has 2 rings (SSSR count). The fraction of sp³-hybridized carbons (Fsp3) is 0.533. The molecule has 4 heteroatoms. The van der Waals surface area contributed by atoms with Crippen molar-refractivity contribution in [3.8, 4) is 0 Å². The van der Waals surface area contributed by atoms with Gasteiger partial charge in [-0.3, -0.25) is 4.79 Å². The molecule has 1 atom stereocenters. The minimum atomic E-state index is 0.00546. The molecular formula is C15H19Cl2NO. The summed E-state index contributed by atoms with van der Waals surface area (Å²) in [5.74, 6) is 0.466. The number of hydrogen-bond acceptors (Lipinski definition) is 1. The summed E-state index contributed by atoms with van der Waals surface area (Å²) in [5.41, 5.74) is 0.515. The van der Waals surface area contributed by atoms with Gasteiger partial charge in [0.1, 0.15) is 0 Å². The van der Waals surface area contributed by atoms with E-state index in [0.717, 1.165) is 19.4 Å². The monoisotopic (exact) mass is 299 g/mol. The maximum Gasteiger partial charge on any atom is 0.255 e. The van der Waals surface area contributed by atoms with E-state index in [2.05, 4.69) is 13.8 Å². The lowest BCUT2D eigenvalue weighted by Crippen LogP contribution is -2.46. The van der Waals surface area contributed by atoms with Gasteiger partial charge >= 0.3 is 0 Å². The molecule has 104 valence electrons. The first-order valence-corrected chi connectivity index (χ1v) is 7.53. The van der Waals surface area contributed by atoms with Gasteiger partial charge in [-0.25, -0.2) is 0 Å². The Morgan fingerprint density at radius 1 is 1.32 bits per heavy atom. The summed E-state index contributed by atoms with van der Waals surface area (Å²) in [5, 5.41) is 0.799. The van der Waals surface area contributed by atoms with Crippen molar-refractivity contribution in [1.82, 2.24) is 4.90 Å². The number of carbonyl (C=O) groups excluding carboxylic acids is 1. The second-order valence-corrected chi connectivity index (χ2v) is 6.19. The van der Waals surface area contributed by atoms with Gasteiger partial charge in [0.25, 0.3) is 5.91 Å². The smallest absolute Gasteiger partial charge is 0.255 e. The van der Waals surface area contributed by atoms with Crippen LogP contribution in [0.3, 0.4) is 0 Å². The second-order valence-electron chi connectivity index (χ2n) is 5.41. The lowest BCUT2D eigenvalue weighted by Gasteiger charge is -2.38. The van der Waals surface area contributed by atoms with Crippen LogP contribution >= 0.6 is 23.2 Å². The fourth-order valence-corrected chi connectivity index (χ4v) is 3.11. The van der Waals surface area contributed by atoms with E-state index < -0.39 is 0 Å². The molecular weight excluding hydrogens is 281 g/mol. The molecule has 1 fully saturated rings. The summed E-state index contributed by atoms with van der Waals surface area (Å²) in [6, 6.07) is 5.53. The van der Waals surface area contributed by atoms with E-state index in [-0.39, 0.29) is 5.91 Å². The van der Waals surface area contributed by atoms with Crippen LogP contribution in [-0.4, -0.2) is 23.4 Å². The number of benzene rings is 1. The van der Waals surface area contributed by atoms with Gasteiger partial charge in [0.2, 0.25) is 0 Å². The summed E-state index contributed by atoms with van der Waals surface area (Å²) in [6.07, 6.45) is 3.32. The Labute approximate surface area is 124 Å². The van der Waals surface area contributed by atoms with E-state index in [4.69, 9.17) is 23.2 Å². The summed E-state index contributed by atoms with van der Waals surface area (Å²) < 4.78 is 0. The topological polar surface area (TPSA) is 20.3 Å². The van der Waals surface area contributed by atoms with Gasteiger partial charge in [0, 0.05) is 12.6 Å². The van der Waals surface area contributed by atoms with Gasteiger partial charge in [-0.15, -0.1) is 0 Å². The molecule has 1 aromatic rings. The summed E-state index contributed by atoms with van der Waals surface area (Å²) in [7, 11) is 0. The number of piperidine rings is 1. The summed E-state index contributed by atoms with van der Waals surface area (Å²) in [4.78, 5) is 14.6. The third-order valence-corrected chi connectivity index (χ3v) is 4.58. The number of nitrogens with zero attached hydrogens (tertiary/aromatic N) is 1. The molecule has 1 aliphatic heterocycles. The molecule has 0 aliphatic carbocycles. The van der Waals surface area contributed by atoms with E-state index >= 15 is 0 Å². The fourth-order valence-electron chi connectivity index (χ4n) is 2.73. The van der Waals surface area contributed by atoms with Crippen molar-refractivity contribution in [1.29, 1.82) is 0 Å². The number of likely N-dealkylation sites (tertiary alicyclic amines) is 1. The Hall–Kier alpha value is -0.730. The van der Waals surface area contributed by atoms with E-state index in [1.165, 1.54) is 6.42 Å². The first kappa shape index (κ1) is 14.7. The molecule has 1 amide bonds. The lowest BCUT2D eigenvalue weighted by molar-refractivity contribution is 0.0543. The zero-order valence-electron chi connectivity index (χ0n) is 11.3. The highest BCUT2D eigenvalue weighted by molar-refractivity contribution is 6.43. The van der Waals surface area contributed by atoms with Gasteiger partial charge < -0.3 is 4.90 Å². The van der Waals surface area contributed by atoms with Crippen LogP contribution in [0, 0.1) is 5.92 Å². The number of carbonyl (C=O) groups is 1. The second kappa shape index (κ2) is 6.15. The normalized spacial score (nSPS) is 19.8. The SMILES string of the molecule is CC(C)C1CCCCN1C(=O)c1cccc(Cl)c1Cl. The van der Waals surface area contributed by atoms with Crippen molar-refractivity contribution in [3.05, 3.63) is 33.8 Å². The van der Waals surface area contributed by atoms with Crippen molar-refractivity contribution in [3.63, 3.8) is 0 Å². The maximum absolute atomic E-state index is 12.7. The third kappa shape index (κ3) is 3.06. The highest BCUT2D eigenvalue weighted by atomic mass is 35.5. The molecule has 1 aromatic carbocycles. The number of hydrogen-bond donors (Lipinski definition) is 0. The Balaban J connectivity index is 2.29. The highest BCUT2D eigenvalue weighted by Gasteiger charge is 2.30. The predicted molar refractivity (Wildman–Crippen MR) is 80.0 cm³/mol. The molecule has 1 unspecified atom stereocenters.